The van der Waals surface area contributed by atoms with Gasteiger partial charge in [0.2, 0.25) is 5.75 Å². The zero-order valence-electron chi connectivity index (χ0n) is 10.8. The molecule has 0 aliphatic carbocycles. The Morgan fingerprint density at radius 2 is 2.14 bits per heavy atom. The lowest BCUT2D eigenvalue weighted by atomic mass is 10.1. The minimum absolute atomic E-state index is 0.00370. The van der Waals surface area contributed by atoms with Gasteiger partial charge in [-0.15, -0.1) is 11.3 Å². The largest absolute Gasteiger partial charge is 0.481 e. The summed E-state index contributed by atoms with van der Waals surface area (Å²) in [6, 6.07) is 4.71. The molecule has 0 fully saturated rings. The van der Waals surface area contributed by atoms with Gasteiger partial charge in [-0.1, -0.05) is 15.9 Å². The van der Waals surface area contributed by atoms with Gasteiger partial charge in [0.15, 0.2) is 5.78 Å². The van der Waals surface area contributed by atoms with E-state index in [1.165, 1.54) is 30.4 Å². The normalized spacial score (nSPS) is 10.4. The Hall–Kier alpha value is -1.25. The molecule has 0 aliphatic heterocycles. The highest BCUT2D eigenvalue weighted by Crippen LogP contribution is 2.36. The van der Waals surface area contributed by atoms with Crippen LogP contribution in [-0.2, 0) is 6.61 Å². The van der Waals surface area contributed by atoms with Crippen molar-refractivity contribution in [3.8, 4) is 5.75 Å². The molecule has 0 aliphatic rings. The zero-order valence-corrected chi connectivity index (χ0v) is 14.7. The number of ether oxygens (including phenoxy) is 1. The zero-order chi connectivity index (χ0) is 15.6. The molecule has 8 heteroatoms. The van der Waals surface area contributed by atoms with Gasteiger partial charge in [-0.05, 0) is 40.4 Å². The lowest BCUT2D eigenvalue weighted by Crippen LogP contribution is -2.05. The molecule has 1 aromatic heterocycles. The molecule has 2 rings (SSSR count). The van der Waals surface area contributed by atoms with Crippen LogP contribution in [0.4, 0.5) is 5.69 Å². The predicted molar refractivity (Wildman–Crippen MR) is 87.2 cm³/mol. The molecule has 0 spiro atoms. The van der Waals surface area contributed by atoms with Crippen LogP contribution in [0.5, 0.6) is 5.75 Å². The van der Waals surface area contributed by atoms with Gasteiger partial charge in [0, 0.05) is 15.0 Å². The van der Waals surface area contributed by atoms with Crippen molar-refractivity contribution in [1.82, 2.24) is 0 Å². The first kappa shape index (κ1) is 16.1. The average molecular weight is 435 g/mol. The number of nitro groups is 1. The molecule has 2 aromatic rings. The summed E-state index contributed by atoms with van der Waals surface area (Å²) in [6.07, 6.45) is 0. The first-order chi connectivity index (χ1) is 9.90. The molecule has 0 radical (unpaired) electrons. The molecule has 0 N–H and O–H groups in total. The number of nitrogens with zero attached hydrogens (tertiary/aromatic N) is 1. The highest BCUT2D eigenvalue weighted by atomic mass is 79.9. The summed E-state index contributed by atoms with van der Waals surface area (Å²) in [5.41, 5.74) is -0.0500. The number of rotatable bonds is 5. The number of benzene rings is 1. The first-order valence-corrected chi connectivity index (χ1v) is 8.20. The quantitative estimate of drug-likeness (QED) is 0.378. The maximum absolute atomic E-state index is 11.7. The molecular weight excluding hydrogens is 426 g/mol. The summed E-state index contributed by atoms with van der Waals surface area (Å²) in [5, 5.41) is 13.0. The third-order valence-electron chi connectivity index (χ3n) is 2.65. The number of thiophene rings is 1. The number of carbonyl (C=O) groups is 1. The molecule has 0 saturated carbocycles. The molecule has 0 bridgehead atoms. The van der Waals surface area contributed by atoms with Crippen LogP contribution in [0.15, 0.2) is 32.5 Å². The van der Waals surface area contributed by atoms with Crippen LogP contribution in [0.1, 0.15) is 22.2 Å². The van der Waals surface area contributed by atoms with Crippen molar-refractivity contribution >= 4 is 54.7 Å². The summed E-state index contributed by atoms with van der Waals surface area (Å²) in [4.78, 5) is 23.2. The average Bonchev–Trinajstić information content (AvgIpc) is 2.81. The minimum Gasteiger partial charge on any atom is -0.481 e. The van der Waals surface area contributed by atoms with E-state index < -0.39 is 4.92 Å². The van der Waals surface area contributed by atoms with E-state index in [0.717, 1.165) is 9.35 Å². The molecule has 110 valence electrons. The van der Waals surface area contributed by atoms with E-state index in [1.54, 1.807) is 0 Å². The summed E-state index contributed by atoms with van der Waals surface area (Å²) in [7, 11) is 0. The van der Waals surface area contributed by atoms with Gasteiger partial charge in [0.05, 0.1) is 15.4 Å². The third-order valence-corrected chi connectivity index (χ3v) is 5.01. The molecule has 0 unspecified atom stereocenters. The first-order valence-electron chi connectivity index (χ1n) is 5.73. The van der Waals surface area contributed by atoms with E-state index in [1.807, 2.05) is 11.4 Å². The van der Waals surface area contributed by atoms with Crippen molar-refractivity contribution in [2.75, 3.05) is 0 Å². The Morgan fingerprint density at radius 3 is 2.67 bits per heavy atom. The van der Waals surface area contributed by atoms with Gasteiger partial charge in [0.1, 0.15) is 6.61 Å². The number of carbonyl (C=O) groups excluding carboxylic acids is 1. The molecule has 5 nitrogen and oxygen atoms in total. The second-order valence-corrected chi connectivity index (χ2v) is 6.87. The van der Waals surface area contributed by atoms with Gasteiger partial charge in [-0.25, -0.2) is 0 Å². The van der Waals surface area contributed by atoms with Crippen LogP contribution >= 0.6 is 43.2 Å². The Labute approximate surface area is 141 Å². The van der Waals surface area contributed by atoms with E-state index in [2.05, 4.69) is 31.9 Å². The number of halogens is 2. The molecule has 0 saturated heterocycles. The van der Waals surface area contributed by atoms with Crippen LogP contribution < -0.4 is 4.74 Å². The minimum atomic E-state index is -0.560. The van der Waals surface area contributed by atoms with Crippen LogP contribution in [0.3, 0.4) is 0 Å². The van der Waals surface area contributed by atoms with Gasteiger partial charge < -0.3 is 4.74 Å². The van der Waals surface area contributed by atoms with Gasteiger partial charge >= 0.3 is 5.69 Å². The molecular formula is C13H9Br2NO4S. The fourth-order valence-corrected chi connectivity index (χ4v) is 3.52. The van der Waals surface area contributed by atoms with Gasteiger partial charge in [0.25, 0.3) is 0 Å². The number of ketones is 1. The molecule has 0 amide bonds. The highest BCUT2D eigenvalue weighted by molar-refractivity contribution is 9.10. The number of nitro benzene ring substituents is 1. The van der Waals surface area contributed by atoms with Crippen LogP contribution in [0, 0.1) is 10.1 Å². The van der Waals surface area contributed by atoms with Crippen molar-refractivity contribution in [2.45, 2.75) is 13.5 Å². The van der Waals surface area contributed by atoms with E-state index in [4.69, 9.17) is 4.74 Å². The summed E-state index contributed by atoms with van der Waals surface area (Å²) < 4.78 is 6.90. The fraction of sp³-hybridized carbons (Fsp3) is 0.154. The van der Waals surface area contributed by atoms with E-state index >= 15 is 0 Å². The molecule has 0 atom stereocenters. The maximum atomic E-state index is 11.7. The van der Waals surface area contributed by atoms with Gasteiger partial charge in [-0.3, -0.25) is 14.9 Å². The molecule has 1 heterocycles. The van der Waals surface area contributed by atoms with Gasteiger partial charge in [-0.2, -0.15) is 0 Å². The van der Waals surface area contributed by atoms with Crippen molar-refractivity contribution < 1.29 is 14.5 Å². The van der Waals surface area contributed by atoms with Crippen molar-refractivity contribution in [3.05, 3.63) is 53.1 Å². The van der Waals surface area contributed by atoms with Crippen LogP contribution in [0.2, 0.25) is 0 Å². The fourth-order valence-electron chi connectivity index (χ4n) is 1.69. The summed E-state index contributed by atoms with van der Waals surface area (Å²) >= 11 is 8.00. The standard InChI is InChI=1S/C13H9Br2NO4S/c1-7(17)9-4-8(14)5-11(16(18)19)13(9)20-6-12-10(15)2-3-21-12/h2-5H,6H2,1H3. The lowest BCUT2D eigenvalue weighted by molar-refractivity contribution is -0.386. The second kappa shape index (κ2) is 6.67. The topological polar surface area (TPSA) is 69.4 Å². The van der Waals surface area contributed by atoms with Crippen molar-refractivity contribution in [2.24, 2.45) is 0 Å². The van der Waals surface area contributed by atoms with E-state index in [0.29, 0.717) is 4.47 Å². The number of hydrogen-bond acceptors (Lipinski definition) is 5. The Bertz CT molecular complexity index is 679. The second-order valence-electron chi connectivity index (χ2n) is 4.10. The van der Waals surface area contributed by atoms with Crippen molar-refractivity contribution in [1.29, 1.82) is 0 Å². The summed E-state index contributed by atoms with van der Waals surface area (Å²) in [6.45, 7) is 1.50. The Kier molecular flexibility index (Phi) is 5.13. The Morgan fingerprint density at radius 1 is 1.43 bits per heavy atom. The SMILES string of the molecule is CC(=O)c1cc(Br)cc([N+](=O)[O-])c1OCc1sccc1Br. The Balaban J connectivity index is 2.42. The summed E-state index contributed by atoms with van der Waals surface area (Å²) in [5.74, 6) is -0.296. The monoisotopic (exact) mass is 433 g/mol. The smallest absolute Gasteiger partial charge is 0.312 e. The lowest BCUT2D eigenvalue weighted by Gasteiger charge is -2.10. The van der Waals surface area contributed by atoms with Crippen molar-refractivity contribution in [3.63, 3.8) is 0 Å². The molecule has 1 aromatic carbocycles. The number of Topliss-reactive ketones (excluding diaryl/α,β-unsaturated/α-hetero) is 1. The van der Waals surface area contributed by atoms with Crippen LogP contribution in [-0.4, -0.2) is 10.7 Å². The highest BCUT2D eigenvalue weighted by Gasteiger charge is 2.23. The van der Waals surface area contributed by atoms with E-state index in [9.17, 15) is 14.9 Å². The predicted octanol–water partition coefficient (Wildman–Crippen LogP) is 4.96. The third kappa shape index (κ3) is 3.69. The number of hydrogen-bond donors (Lipinski definition) is 0. The maximum Gasteiger partial charge on any atom is 0.312 e. The van der Waals surface area contributed by atoms with Crippen LogP contribution in [0.25, 0.3) is 0 Å². The molecule has 21 heavy (non-hydrogen) atoms. The van der Waals surface area contributed by atoms with E-state index in [-0.39, 0.29) is 29.4 Å².